The van der Waals surface area contributed by atoms with Gasteiger partial charge < -0.3 is 23.7 Å². The van der Waals surface area contributed by atoms with Crippen molar-refractivity contribution >= 4 is 11.6 Å². The molecular formula is C24H27N3O4. The third kappa shape index (κ3) is 4.66. The minimum absolute atomic E-state index is 0.112. The maximum atomic E-state index is 12.9. The SMILES string of the molecule is CCOc1ccc(-c2nc(C(=O)N3CCN(c4ccccc4)CC3)co2)cc1OCC. The van der Waals surface area contributed by atoms with Crippen molar-refractivity contribution in [2.45, 2.75) is 13.8 Å². The van der Waals surface area contributed by atoms with Gasteiger partial charge in [-0.3, -0.25) is 4.79 Å². The van der Waals surface area contributed by atoms with Crippen LogP contribution in [0, 0.1) is 0 Å². The van der Waals surface area contributed by atoms with Gasteiger partial charge in [0, 0.05) is 37.4 Å². The van der Waals surface area contributed by atoms with Crippen LogP contribution < -0.4 is 14.4 Å². The number of amides is 1. The summed E-state index contributed by atoms with van der Waals surface area (Å²) in [6, 6.07) is 15.8. The van der Waals surface area contributed by atoms with E-state index in [1.807, 2.05) is 55.1 Å². The molecular weight excluding hydrogens is 394 g/mol. The molecule has 0 bridgehead atoms. The van der Waals surface area contributed by atoms with Crippen LogP contribution in [0.5, 0.6) is 11.5 Å². The second-order valence-electron chi connectivity index (χ2n) is 7.18. The van der Waals surface area contributed by atoms with Crippen LogP contribution >= 0.6 is 0 Å². The monoisotopic (exact) mass is 421 g/mol. The summed E-state index contributed by atoms with van der Waals surface area (Å²) >= 11 is 0. The number of benzene rings is 2. The number of carbonyl (C=O) groups is 1. The van der Waals surface area contributed by atoms with Crippen LogP contribution in [0.1, 0.15) is 24.3 Å². The van der Waals surface area contributed by atoms with Crippen LogP contribution in [0.15, 0.2) is 59.2 Å². The number of carbonyl (C=O) groups excluding carboxylic acids is 1. The van der Waals surface area contributed by atoms with Crippen LogP contribution in [0.4, 0.5) is 5.69 Å². The van der Waals surface area contributed by atoms with Crippen molar-refractivity contribution in [3.8, 4) is 23.0 Å². The first-order valence-electron chi connectivity index (χ1n) is 10.6. The van der Waals surface area contributed by atoms with Gasteiger partial charge in [-0.05, 0) is 44.2 Å². The number of hydrogen-bond acceptors (Lipinski definition) is 6. The maximum Gasteiger partial charge on any atom is 0.275 e. The Labute approximate surface area is 182 Å². The minimum atomic E-state index is -0.112. The molecule has 0 atom stereocenters. The van der Waals surface area contributed by atoms with E-state index in [0.29, 0.717) is 49.4 Å². The predicted molar refractivity (Wildman–Crippen MR) is 119 cm³/mol. The highest BCUT2D eigenvalue weighted by atomic mass is 16.5. The number of piperazine rings is 1. The first kappa shape index (κ1) is 20.8. The number of anilines is 1. The van der Waals surface area contributed by atoms with Gasteiger partial charge in [-0.25, -0.2) is 4.98 Å². The summed E-state index contributed by atoms with van der Waals surface area (Å²) in [6.45, 7) is 7.79. The van der Waals surface area contributed by atoms with Gasteiger partial charge in [-0.15, -0.1) is 0 Å². The minimum Gasteiger partial charge on any atom is -0.490 e. The number of aromatic nitrogens is 1. The fraction of sp³-hybridized carbons (Fsp3) is 0.333. The molecule has 1 fully saturated rings. The van der Waals surface area contributed by atoms with Crippen LogP contribution in [-0.2, 0) is 0 Å². The standard InChI is InChI=1S/C24H27N3O4/c1-3-29-21-11-10-18(16-22(21)30-4-2)23-25-20(17-31-23)24(28)27-14-12-26(13-15-27)19-8-6-5-7-9-19/h5-11,16-17H,3-4,12-15H2,1-2H3. The normalized spacial score (nSPS) is 13.9. The van der Waals surface area contributed by atoms with Crippen LogP contribution in [0.25, 0.3) is 11.5 Å². The summed E-state index contributed by atoms with van der Waals surface area (Å²) in [5, 5.41) is 0. The fourth-order valence-corrected chi connectivity index (χ4v) is 3.66. The Hall–Kier alpha value is -3.48. The van der Waals surface area contributed by atoms with Crippen LogP contribution in [0.2, 0.25) is 0 Å². The molecule has 0 saturated carbocycles. The van der Waals surface area contributed by atoms with E-state index in [1.54, 1.807) is 0 Å². The Morgan fingerprint density at radius 2 is 1.68 bits per heavy atom. The van der Waals surface area contributed by atoms with Gasteiger partial charge in [0.25, 0.3) is 5.91 Å². The molecule has 4 rings (SSSR count). The third-order valence-electron chi connectivity index (χ3n) is 5.20. The quantitative estimate of drug-likeness (QED) is 0.572. The lowest BCUT2D eigenvalue weighted by Crippen LogP contribution is -2.48. The highest BCUT2D eigenvalue weighted by Crippen LogP contribution is 2.32. The van der Waals surface area contributed by atoms with E-state index in [0.717, 1.165) is 18.7 Å². The van der Waals surface area contributed by atoms with Crippen molar-refractivity contribution in [2.24, 2.45) is 0 Å². The summed E-state index contributed by atoms with van der Waals surface area (Å²) in [4.78, 5) is 21.5. The van der Waals surface area contributed by atoms with Crippen LogP contribution in [0.3, 0.4) is 0 Å². The van der Waals surface area contributed by atoms with Gasteiger partial charge in [0.2, 0.25) is 5.89 Å². The molecule has 162 valence electrons. The molecule has 0 unspecified atom stereocenters. The van der Waals surface area contributed by atoms with Crippen molar-refractivity contribution in [3.05, 3.63) is 60.5 Å². The van der Waals surface area contributed by atoms with E-state index in [4.69, 9.17) is 13.9 Å². The van der Waals surface area contributed by atoms with Crippen molar-refractivity contribution in [1.29, 1.82) is 0 Å². The summed E-state index contributed by atoms with van der Waals surface area (Å²) in [6.07, 6.45) is 1.43. The lowest BCUT2D eigenvalue weighted by molar-refractivity contribution is 0.0741. The second kappa shape index (κ2) is 9.55. The smallest absolute Gasteiger partial charge is 0.275 e. The average molecular weight is 421 g/mol. The highest BCUT2D eigenvalue weighted by molar-refractivity contribution is 5.92. The zero-order valence-electron chi connectivity index (χ0n) is 17.9. The molecule has 1 amide bonds. The summed E-state index contributed by atoms with van der Waals surface area (Å²) in [5.41, 5.74) is 2.23. The molecule has 31 heavy (non-hydrogen) atoms. The Bertz CT molecular complexity index is 1010. The molecule has 7 heteroatoms. The molecule has 1 aliphatic heterocycles. The number of rotatable bonds is 7. The Morgan fingerprint density at radius 1 is 0.968 bits per heavy atom. The van der Waals surface area contributed by atoms with Gasteiger partial charge in [0.05, 0.1) is 13.2 Å². The molecule has 0 aliphatic carbocycles. The molecule has 2 heterocycles. The van der Waals surface area contributed by atoms with Gasteiger partial charge >= 0.3 is 0 Å². The van der Waals surface area contributed by atoms with Crippen LogP contribution in [-0.4, -0.2) is 55.2 Å². The first-order chi connectivity index (χ1) is 15.2. The molecule has 1 saturated heterocycles. The summed E-state index contributed by atoms with van der Waals surface area (Å²) in [5.74, 6) is 1.58. The van der Waals surface area contributed by atoms with E-state index in [9.17, 15) is 4.79 Å². The molecule has 0 radical (unpaired) electrons. The number of oxazole rings is 1. The van der Waals surface area contributed by atoms with E-state index >= 15 is 0 Å². The third-order valence-corrected chi connectivity index (χ3v) is 5.20. The molecule has 2 aromatic carbocycles. The van der Waals surface area contributed by atoms with Gasteiger partial charge in [-0.2, -0.15) is 0 Å². The van der Waals surface area contributed by atoms with E-state index in [1.165, 1.54) is 12.0 Å². The van der Waals surface area contributed by atoms with Gasteiger partial charge in [-0.1, -0.05) is 18.2 Å². The number of para-hydroxylation sites is 1. The van der Waals surface area contributed by atoms with E-state index in [2.05, 4.69) is 22.0 Å². The molecule has 3 aromatic rings. The van der Waals surface area contributed by atoms with Crippen molar-refractivity contribution in [1.82, 2.24) is 9.88 Å². The lowest BCUT2D eigenvalue weighted by atomic mass is 10.2. The number of hydrogen-bond donors (Lipinski definition) is 0. The number of ether oxygens (including phenoxy) is 2. The summed E-state index contributed by atoms with van der Waals surface area (Å²) < 4.78 is 16.9. The Morgan fingerprint density at radius 3 is 2.39 bits per heavy atom. The summed E-state index contributed by atoms with van der Waals surface area (Å²) in [7, 11) is 0. The zero-order valence-corrected chi connectivity index (χ0v) is 17.9. The van der Waals surface area contributed by atoms with Crippen molar-refractivity contribution in [2.75, 3.05) is 44.3 Å². The first-order valence-corrected chi connectivity index (χ1v) is 10.6. The second-order valence-corrected chi connectivity index (χ2v) is 7.18. The molecule has 7 nitrogen and oxygen atoms in total. The lowest BCUT2D eigenvalue weighted by Gasteiger charge is -2.35. The topological polar surface area (TPSA) is 68.0 Å². The molecule has 0 spiro atoms. The highest BCUT2D eigenvalue weighted by Gasteiger charge is 2.25. The van der Waals surface area contributed by atoms with Crippen molar-refractivity contribution < 1.29 is 18.7 Å². The molecule has 0 N–H and O–H groups in total. The average Bonchev–Trinajstić information content (AvgIpc) is 3.31. The molecule has 1 aromatic heterocycles. The molecule has 1 aliphatic rings. The zero-order chi connectivity index (χ0) is 21.6. The Kier molecular flexibility index (Phi) is 6.40. The van der Waals surface area contributed by atoms with Gasteiger partial charge in [0.15, 0.2) is 17.2 Å². The largest absolute Gasteiger partial charge is 0.490 e. The van der Waals surface area contributed by atoms with Gasteiger partial charge in [0.1, 0.15) is 6.26 Å². The predicted octanol–water partition coefficient (Wildman–Crippen LogP) is 4.10. The maximum absolute atomic E-state index is 12.9. The fourth-order valence-electron chi connectivity index (χ4n) is 3.66. The van der Waals surface area contributed by atoms with E-state index < -0.39 is 0 Å². The number of nitrogens with zero attached hydrogens (tertiary/aromatic N) is 3. The Balaban J connectivity index is 1.44. The van der Waals surface area contributed by atoms with Crippen molar-refractivity contribution in [3.63, 3.8) is 0 Å². The van der Waals surface area contributed by atoms with E-state index in [-0.39, 0.29) is 5.91 Å².